The number of ketones is 2. The second-order valence-electron chi connectivity index (χ2n) is 9.19. The van der Waals surface area contributed by atoms with Gasteiger partial charge in [-0.25, -0.2) is 0 Å². The third-order valence-electron chi connectivity index (χ3n) is 8.25. The van der Waals surface area contributed by atoms with E-state index in [9.17, 15) is 24.9 Å². The minimum atomic E-state index is -1.56. The van der Waals surface area contributed by atoms with Crippen LogP contribution in [0.3, 0.4) is 0 Å². The van der Waals surface area contributed by atoms with E-state index in [0.717, 1.165) is 24.8 Å². The monoisotopic (exact) mass is 360 g/mol. The van der Waals surface area contributed by atoms with E-state index in [1.807, 2.05) is 13.0 Å². The first-order valence-electron chi connectivity index (χ1n) is 9.66. The summed E-state index contributed by atoms with van der Waals surface area (Å²) in [6, 6.07) is 0. The van der Waals surface area contributed by atoms with Gasteiger partial charge in [0.15, 0.2) is 11.6 Å². The predicted octanol–water partition coefficient (Wildman–Crippen LogP) is 1.56. The number of hydrogen-bond donors (Lipinski definition) is 3. The van der Waals surface area contributed by atoms with Gasteiger partial charge in [-0.05, 0) is 56.1 Å². The van der Waals surface area contributed by atoms with Crippen LogP contribution in [0.4, 0.5) is 0 Å². The van der Waals surface area contributed by atoms with Gasteiger partial charge in [-0.3, -0.25) is 9.59 Å². The van der Waals surface area contributed by atoms with Gasteiger partial charge in [0, 0.05) is 16.7 Å². The molecule has 5 heteroatoms. The van der Waals surface area contributed by atoms with Gasteiger partial charge in [-0.1, -0.05) is 25.5 Å². The quantitative estimate of drug-likeness (QED) is 0.695. The first kappa shape index (κ1) is 18.1. The molecule has 3 fully saturated rings. The number of allylic oxidation sites excluding steroid dienone is 4. The van der Waals surface area contributed by atoms with E-state index >= 15 is 0 Å². The molecule has 3 N–H and O–H groups in total. The topological polar surface area (TPSA) is 94.8 Å². The molecule has 0 aliphatic heterocycles. The maximum Gasteiger partial charge on any atom is 0.190 e. The summed E-state index contributed by atoms with van der Waals surface area (Å²) in [5.41, 5.74) is -1.54. The van der Waals surface area contributed by atoms with E-state index in [-0.39, 0.29) is 29.0 Å². The lowest BCUT2D eigenvalue weighted by Crippen LogP contribution is -2.61. The smallest absolute Gasteiger partial charge is 0.190 e. The van der Waals surface area contributed by atoms with Gasteiger partial charge in [0.05, 0.1) is 6.10 Å². The Morgan fingerprint density at radius 1 is 1.31 bits per heavy atom. The minimum Gasteiger partial charge on any atom is -0.393 e. The molecule has 4 aliphatic carbocycles. The summed E-state index contributed by atoms with van der Waals surface area (Å²) < 4.78 is 0. The first-order valence-corrected chi connectivity index (χ1v) is 9.66. The summed E-state index contributed by atoms with van der Waals surface area (Å²) in [6.07, 6.45) is 7.68. The molecule has 3 saturated carbocycles. The molecule has 0 bridgehead atoms. The van der Waals surface area contributed by atoms with Gasteiger partial charge >= 0.3 is 0 Å². The molecule has 0 amide bonds. The molecule has 5 nitrogen and oxygen atoms in total. The van der Waals surface area contributed by atoms with Gasteiger partial charge < -0.3 is 15.3 Å². The van der Waals surface area contributed by atoms with Gasteiger partial charge in [0.1, 0.15) is 12.2 Å². The zero-order valence-corrected chi connectivity index (χ0v) is 15.4. The molecule has 0 aromatic carbocycles. The molecular weight excluding hydrogens is 332 g/mol. The van der Waals surface area contributed by atoms with Crippen LogP contribution in [0, 0.1) is 28.6 Å². The molecule has 142 valence electrons. The predicted molar refractivity (Wildman–Crippen MR) is 95.0 cm³/mol. The second-order valence-corrected chi connectivity index (χ2v) is 9.19. The van der Waals surface area contributed by atoms with Gasteiger partial charge in [-0.15, -0.1) is 0 Å². The largest absolute Gasteiger partial charge is 0.393 e. The van der Waals surface area contributed by atoms with E-state index in [1.54, 1.807) is 12.2 Å². The molecule has 26 heavy (non-hydrogen) atoms. The van der Waals surface area contributed by atoms with Crippen molar-refractivity contribution in [2.75, 3.05) is 6.61 Å². The van der Waals surface area contributed by atoms with Crippen LogP contribution < -0.4 is 0 Å². The molecule has 0 aromatic heterocycles. The van der Waals surface area contributed by atoms with Gasteiger partial charge in [0.25, 0.3) is 0 Å². The van der Waals surface area contributed by atoms with E-state index in [4.69, 9.17) is 0 Å². The highest BCUT2D eigenvalue weighted by Crippen LogP contribution is 2.67. The lowest BCUT2D eigenvalue weighted by molar-refractivity contribution is -0.178. The van der Waals surface area contributed by atoms with Gasteiger partial charge in [0.2, 0.25) is 0 Å². The first-order chi connectivity index (χ1) is 12.2. The van der Waals surface area contributed by atoms with Crippen molar-refractivity contribution < 1.29 is 24.9 Å². The fourth-order valence-corrected chi connectivity index (χ4v) is 6.92. The average molecular weight is 360 g/mol. The van der Waals surface area contributed by atoms with Crippen molar-refractivity contribution in [3.05, 3.63) is 23.8 Å². The number of aliphatic hydroxyl groups excluding tert-OH is 2. The summed E-state index contributed by atoms with van der Waals surface area (Å²) in [6.45, 7) is 3.34. The third kappa shape index (κ3) is 2.08. The molecular formula is C21H28O5. The normalized spacial score (nSPS) is 49.9. The highest BCUT2D eigenvalue weighted by Gasteiger charge is 2.67. The highest BCUT2D eigenvalue weighted by atomic mass is 16.3. The Balaban J connectivity index is 1.75. The minimum absolute atomic E-state index is 0.00912. The zero-order chi connectivity index (χ0) is 18.9. The summed E-state index contributed by atoms with van der Waals surface area (Å²) in [5, 5.41) is 31.7. The molecule has 4 aliphatic rings. The van der Waals surface area contributed by atoms with E-state index < -0.39 is 29.5 Å². The number of fused-ring (bicyclic) bond motifs is 5. The van der Waals surface area contributed by atoms with Crippen LogP contribution in [0.5, 0.6) is 0 Å². The van der Waals surface area contributed by atoms with Crippen molar-refractivity contribution in [1.82, 2.24) is 0 Å². The van der Waals surface area contributed by atoms with Crippen LogP contribution in [-0.4, -0.2) is 45.2 Å². The Morgan fingerprint density at radius 2 is 2.04 bits per heavy atom. The van der Waals surface area contributed by atoms with Crippen LogP contribution in [-0.2, 0) is 9.59 Å². The average Bonchev–Trinajstić information content (AvgIpc) is 2.86. The molecule has 7 atom stereocenters. The summed E-state index contributed by atoms with van der Waals surface area (Å²) >= 11 is 0. The maximum absolute atomic E-state index is 12.4. The van der Waals surface area contributed by atoms with Crippen molar-refractivity contribution in [3.8, 4) is 0 Å². The maximum atomic E-state index is 12.4. The molecule has 0 aromatic rings. The highest BCUT2D eigenvalue weighted by molar-refractivity contribution is 6.01. The summed E-state index contributed by atoms with van der Waals surface area (Å²) in [7, 11) is 0. The molecule has 4 rings (SSSR count). The molecule has 3 unspecified atom stereocenters. The summed E-state index contributed by atoms with van der Waals surface area (Å²) in [4.78, 5) is 24.2. The number of carbonyl (C=O) groups is 2. The molecule has 0 radical (unpaired) electrons. The second kappa shape index (κ2) is 5.60. The van der Waals surface area contributed by atoms with E-state index in [1.165, 1.54) is 0 Å². The number of Topliss-reactive ketones (excluding diaryl/α,β-unsaturated/α-hetero) is 1. The van der Waals surface area contributed by atoms with E-state index in [0.29, 0.717) is 12.8 Å². The van der Waals surface area contributed by atoms with Crippen LogP contribution >= 0.6 is 0 Å². The Bertz CT molecular complexity index is 724. The van der Waals surface area contributed by atoms with Crippen molar-refractivity contribution in [1.29, 1.82) is 0 Å². The molecule has 0 spiro atoms. The van der Waals surface area contributed by atoms with Crippen molar-refractivity contribution in [3.63, 3.8) is 0 Å². The van der Waals surface area contributed by atoms with Crippen LogP contribution in [0.15, 0.2) is 23.8 Å². The number of carbonyl (C=O) groups excluding carboxylic acids is 2. The Labute approximate surface area is 153 Å². The van der Waals surface area contributed by atoms with Crippen molar-refractivity contribution in [2.45, 2.75) is 57.7 Å². The summed E-state index contributed by atoms with van der Waals surface area (Å²) in [5.74, 6) is -0.227. The number of hydrogen-bond acceptors (Lipinski definition) is 5. The van der Waals surface area contributed by atoms with Crippen LogP contribution in [0.25, 0.3) is 0 Å². The number of aliphatic hydroxyl groups is 3. The number of rotatable bonds is 2. The van der Waals surface area contributed by atoms with Crippen molar-refractivity contribution in [2.24, 2.45) is 28.6 Å². The third-order valence-corrected chi connectivity index (χ3v) is 8.25. The SMILES string of the molecule is C[C@]12C=CC(=O)C=C1CCC1C2[C@H](O)C[C@@]2(C)C1CC[C@]2(O)C(=O)CO. The van der Waals surface area contributed by atoms with Crippen molar-refractivity contribution >= 4 is 11.6 Å². The lowest BCUT2D eigenvalue weighted by Gasteiger charge is -2.59. The molecule has 0 saturated heterocycles. The lowest BCUT2D eigenvalue weighted by atomic mass is 9.46. The fraction of sp³-hybridized carbons (Fsp3) is 0.714. The zero-order valence-electron chi connectivity index (χ0n) is 15.4. The standard InChI is InChI=1S/C21H28O5/c1-19-7-5-13(23)9-12(19)3-4-14-15-6-8-21(26,17(25)11-22)20(15,2)10-16(24)18(14)19/h5,7,9,14-16,18,22,24,26H,3-4,6,8,10-11H2,1-2H3/t14?,15?,16-,18?,19+,20+,21+/m1/s1. The Kier molecular flexibility index (Phi) is 3.89. The Hall–Kier alpha value is -1.30. The van der Waals surface area contributed by atoms with Crippen LogP contribution in [0.1, 0.15) is 46.0 Å². The van der Waals surface area contributed by atoms with E-state index in [2.05, 4.69) is 6.92 Å². The van der Waals surface area contributed by atoms with Crippen LogP contribution in [0.2, 0.25) is 0 Å². The fourth-order valence-electron chi connectivity index (χ4n) is 6.92. The molecule has 0 heterocycles. The van der Waals surface area contributed by atoms with Gasteiger partial charge in [-0.2, -0.15) is 0 Å². The Morgan fingerprint density at radius 3 is 2.73 bits per heavy atom.